The third kappa shape index (κ3) is 3.52. The summed E-state index contributed by atoms with van der Waals surface area (Å²) < 4.78 is 7.62. The molecule has 4 rings (SSSR count). The Kier molecular flexibility index (Phi) is 5.26. The van der Waals surface area contributed by atoms with Crippen molar-refractivity contribution in [3.63, 3.8) is 0 Å². The molecule has 0 bridgehead atoms. The zero-order chi connectivity index (χ0) is 19.0. The van der Waals surface area contributed by atoms with E-state index >= 15 is 0 Å². The lowest BCUT2D eigenvalue weighted by Crippen LogP contribution is -2.45. The number of esters is 1. The maximum atomic E-state index is 13.1. The lowest BCUT2D eigenvalue weighted by molar-refractivity contribution is -0.152. The van der Waals surface area contributed by atoms with Gasteiger partial charge >= 0.3 is 5.97 Å². The first-order valence-corrected chi connectivity index (χ1v) is 10.9. The summed E-state index contributed by atoms with van der Waals surface area (Å²) in [5, 5.41) is 0. The van der Waals surface area contributed by atoms with E-state index < -0.39 is 5.41 Å². The van der Waals surface area contributed by atoms with E-state index in [1.165, 1.54) is 0 Å². The van der Waals surface area contributed by atoms with Gasteiger partial charge in [-0.3, -0.25) is 9.59 Å². The Bertz CT molecular complexity index is 883. The summed E-state index contributed by atoms with van der Waals surface area (Å²) in [6.07, 6.45) is 5.03. The van der Waals surface area contributed by atoms with Gasteiger partial charge in [-0.05, 0) is 43.2 Å². The summed E-state index contributed by atoms with van der Waals surface area (Å²) in [5.74, 6) is 0.347. The molecule has 1 spiro atoms. The van der Waals surface area contributed by atoms with Crippen LogP contribution in [0.25, 0.3) is 0 Å². The molecule has 2 aromatic carbocycles. The molecule has 27 heavy (non-hydrogen) atoms. The van der Waals surface area contributed by atoms with E-state index in [4.69, 9.17) is 4.74 Å². The van der Waals surface area contributed by atoms with Gasteiger partial charge in [0.1, 0.15) is 5.75 Å². The van der Waals surface area contributed by atoms with Crippen LogP contribution in [0.5, 0.6) is 5.75 Å². The fraction of sp³-hybridized carbons (Fsp3) is 0.364. The van der Waals surface area contributed by atoms with Gasteiger partial charge in [-0.2, -0.15) is 0 Å². The molecule has 2 aliphatic rings. The number of carbonyl (C=O) groups excluding carboxylic acids is 2. The van der Waals surface area contributed by atoms with Crippen molar-refractivity contribution in [2.24, 2.45) is 5.41 Å². The quantitative estimate of drug-likeness (QED) is 0.282. The molecule has 1 aliphatic carbocycles. The summed E-state index contributed by atoms with van der Waals surface area (Å²) in [4.78, 5) is 26.1. The maximum Gasteiger partial charge on any atom is 0.318 e. The number of Topliss-reactive ketones (excluding diaryl/α,β-unsaturated/α-hetero) is 1. The summed E-state index contributed by atoms with van der Waals surface area (Å²) in [6.45, 7) is 0. The molecular weight excluding hydrogens is 472 g/mol. The van der Waals surface area contributed by atoms with Gasteiger partial charge < -0.3 is 4.74 Å². The van der Waals surface area contributed by atoms with Crippen LogP contribution in [0.15, 0.2) is 51.4 Å². The van der Waals surface area contributed by atoms with E-state index in [1.54, 1.807) is 0 Å². The van der Waals surface area contributed by atoms with E-state index in [2.05, 4.69) is 31.9 Å². The van der Waals surface area contributed by atoms with Gasteiger partial charge in [0, 0.05) is 32.4 Å². The predicted molar refractivity (Wildman–Crippen MR) is 111 cm³/mol. The number of hydrogen-bond acceptors (Lipinski definition) is 3. The molecule has 3 nitrogen and oxygen atoms in total. The lowest BCUT2D eigenvalue weighted by Gasteiger charge is -2.44. The SMILES string of the molecule is O=C(CC1c2cc(Br)ccc2OC(=O)C12CCCCC2)c1ccc(Br)cc1. The fourth-order valence-corrected chi connectivity index (χ4v) is 5.15. The zero-order valence-electron chi connectivity index (χ0n) is 14.8. The maximum absolute atomic E-state index is 13.1. The molecule has 0 amide bonds. The molecule has 5 heteroatoms. The number of benzene rings is 2. The molecule has 140 valence electrons. The molecule has 1 atom stereocenters. The van der Waals surface area contributed by atoms with Gasteiger partial charge in [-0.15, -0.1) is 0 Å². The van der Waals surface area contributed by atoms with Crippen molar-refractivity contribution >= 4 is 43.6 Å². The van der Waals surface area contributed by atoms with Crippen LogP contribution >= 0.6 is 31.9 Å². The van der Waals surface area contributed by atoms with Crippen molar-refractivity contribution in [2.45, 2.75) is 44.4 Å². The lowest BCUT2D eigenvalue weighted by atomic mass is 9.61. The molecule has 1 fully saturated rings. The summed E-state index contributed by atoms with van der Waals surface area (Å²) in [5.41, 5.74) is 1.06. The van der Waals surface area contributed by atoms with Gasteiger partial charge in [0.15, 0.2) is 5.78 Å². The van der Waals surface area contributed by atoms with Crippen molar-refractivity contribution in [1.29, 1.82) is 0 Å². The Morgan fingerprint density at radius 2 is 1.67 bits per heavy atom. The topological polar surface area (TPSA) is 43.4 Å². The molecule has 0 saturated heterocycles. The number of hydrogen-bond donors (Lipinski definition) is 0. The van der Waals surface area contributed by atoms with E-state index in [-0.39, 0.29) is 17.7 Å². The minimum Gasteiger partial charge on any atom is -0.426 e. The summed E-state index contributed by atoms with van der Waals surface area (Å²) in [6, 6.07) is 13.1. The average Bonchev–Trinajstić information content (AvgIpc) is 2.67. The first kappa shape index (κ1) is 18.9. The highest BCUT2D eigenvalue weighted by atomic mass is 79.9. The average molecular weight is 492 g/mol. The molecule has 0 N–H and O–H groups in total. The monoisotopic (exact) mass is 490 g/mol. The highest BCUT2D eigenvalue weighted by Gasteiger charge is 2.52. The largest absolute Gasteiger partial charge is 0.426 e. The van der Waals surface area contributed by atoms with E-state index in [1.807, 2.05) is 42.5 Å². The predicted octanol–water partition coefficient (Wildman–Crippen LogP) is 6.44. The third-order valence-electron chi connectivity index (χ3n) is 5.92. The third-order valence-corrected chi connectivity index (χ3v) is 6.95. The molecule has 1 saturated carbocycles. The van der Waals surface area contributed by atoms with Crippen LogP contribution in [0.3, 0.4) is 0 Å². The second-order valence-electron chi connectivity index (χ2n) is 7.48. The Labute approximate surface area is 175 Å². The van der Waals surface area contributed by atoms with Gasteiger partial charge in [-0.1, -0.05) is 63.3 Å². The first-order valence-electron chi connectivity index (χ1n) is 9.30. The van der Waals surface area contributed by atoms with Crippen LogP contribution < -0.4 is 4.74 Å². The number of ether oxygens (including phenoxy) is 1. The standard InChI is InChI=1S/C22H20Br2O3/c23-15-6-4-14(5-7-15)19(25)13-18-17-12-16(24)8-9-20(17)27-21(26)22(18)10-2-1-3-11-22/h4-9,12,18H,1-3,10-11,13H2. The van der Waals surface area contributed by atoms with Crippen LogP contribution in [-0.2, 0) is 4.79 Å². The highest BCUT2D eigenvalue weighted by molar-refractivity contribution is 9.10. The Morgan fingerprint density at radius 3 is 2.37 bits per heavy atom. The molecule has 1 heterocycles. The molecule has 2 aromatic rings. The number of fused-ring (bicyclic) bond motifs is 1. The molecular formula is C22H20Br2O3. The Morgan fingerprint density at radius 1 is 1.00 bits per heavy atom. The van der Waals surface area contributed by atoms with Gasteiger partial charge in [0.2, 0.25) is 0 Å². The first-order chi connectivity index (χ1) is 13.0. The Hall–Kier alpha value is -1.46. The van der Waals surface area contributed by atoms with Crippen molar-refractivity contribution in [3.05, 3.63) is 62.5 Å². The number of carbonyl (C=O) groups is 2. The van der Waals surface area contributed by atoms with E-state index in [0.717, 1.165) is 46.6 Å². The van der Waals surface area contributed by atoms with Crippen LogP contribution in [0.1, 0.15) is 60.4 Å². The minimum atomic E-state index is -0.586. The number of rotatable bonds is 3. The fourth-order valence-electron chi connectivity index (χ4n) is 4.51. The van der Waals surface area contributed by atoms with Crippen LogP contribution in [0.4, 0.5) is 0 Å². The normalized spacial score (nSPS) is 20.8. The van der Waals surface area contributed by atoms with Crippen molar-refractivity contribution in [2.75, 3.05) is 0 Å². The number of ketones is 1. The van der Waals surface area contributed by atoms with Gasteiger partial charge in [0.05, 0.1) is 5.41 Å². The van der Waals surface area contributed by atoms with E-state index in [0.29, 0.717) is 17.7 Å². The van der Waals surface area contributed by atoms with Crippen molar-refractivity contribution in [3.8, 4) is 5.75 Å². The molecule has 1 unspecified atom stereocenters. The van der Waals surface area contributed by atoms with Gasteiger partial charge in [0.25, 0.3) is 0 Å². The number of halogens is 2. The summed E-state index contributed by atoms with van der Waals surface area (Å²) in [7, 11) is 0. The van der Waals surface area contributed by atoms with Crippen LogP contribution in [0, 0.1) is 5.41 Å². The minimum absolute atomic E-state index is 0.0677. The molecule has 0 radical (unpaired) electrons. The molecule has 0 aromatic heterocycles. The van der Waals surface area contributed by atoms with Crippen molar-refractivity contribution < 1.29 is 14.3 Å². The zero-order valence-corrected chi connectivity index (χ0v) is 18.0. The second-order valence-corrected chi connectivity index (χ2v) is 9.31. The van der Waals surface area contributed by atoms with E-state index in [9.17, 15) is 9.59 Å². The Balaban J connectivity index is 1.75. The molecule has 1 aliphatic heterocycles. The van der Waals surface area contributed by atoms with Gasteiger partial charge in [-0.25, -0.2) is 0 Å². The second kappa shape index (κ2) is 7.51. The smallest absolute Gasteiger partial charge is 0.318 e. The van der Waals surface area contributed by atoms with Crippen molar-refractivity contribution in [1.82, 2.24) is 0 Å². The summed E-state index contributed by atoms with van der Waals surface area (Å²) >= 11 is 6.94. The van der Waals surface area contributed by atoms with Crippen LogP contribution in [0.2, 0.25) is 0 Å². The highest BCUT2D eigenvalue weighted by Crippen LogP contribution is 2.55. The van der Waals surface area contributed by atoms with Crippen LogP contribution in [-0.4, -0.2) is 11.8 Å².